The molecule has 0 N–H and O–H groups in total. The monoisotopic (exact) mass is 164 g/mol. The van der Waals surface area contributed by atoms with Gasteiger partial charge in [0.25, 0.3) is 0 Å². The normalized spacial score (nSPS) is 21.9. The summed E-state index contributed by atoms with van der Waals surface area (Å²) in [7, 11) is 0. The van der Waals surface area contributed by atoms with Gasteiger partial charge in [0, 0.05) is 12.4 Å². The third-order valence-corrected chi connectivity index (χ3v) is 2.17. The molecule has 11 heavy (non-hydrogen) atoms. The number of hydrogen-bond donors (Lipinski definition) is 0. The number of hydrogen-bond acceptors (Lipinski definition) is 2. The molecular weight excluding hydrogens is 156 g/mol. The molecule has 56 valence electrons. The van der Waals surface area contributed by atoms with E-state index in [0.29, 0.717) is 6.04 Å². The van der Waals surface area contributed by atoms with Crippen LogP contribution < -0.4 is 0 Å². The van der Waals surface area contributed by atoms with E-state index >= 15 is 0 Å². The van der Waals surface area contributed by atoms with E-state index in [9.17, 15) is 0 Å². The summed E-state index contributed by atoms with van der Waals surface area (Å²) in [4.78, 5) is 4.99. The van der Waals surface area contributed by atoms with Gasteiger partial charge in [-0.3, -0.25) is 0 Å². The second kappa shape index (κ2) is 2.27. The Morgan fingerprint density at radius 3 is 3.18 bits per heavy atom. The Morgan fingerprint density at radius 2 is 2.45 bits per heavy atom. The van der Waals surface area contributed by atoms with Crippen LogP contribution in [0.3, 0.4) is 0 Å². The average molecular weight is 164 g/mol. The highest BCUT2D eigenvalue weighted by atomic mass is 32.1. The Morgan fingerprint density at radius 1 is 1.64 bits per heavy atom. The molecule has 0 amide bonds. The maximum absolute atomic E-state index is 5.10. The van der Waals surface area contributed by atoms with Crippen molar-refractivity contribution >= 4 is 17.1 Å². The first kappa shape index (κ1) is 6.73. The summed E-state index contributed by atoms with van der Waals surface area (Å²) >= 11 is 5.10. The van der Waals surface area contributed by atoms with Gasteiger partial charge < -0.3 is 4.57 Å². The molecule has 3 heteroatoms. The van der Waals surface area contributed by atoms with Crippen LogP contribution >= 0.6 is 12.2 Å². The van der Waals surface area contributed by atoms with Crippen molar-refractivity contribution in [1.29, 1.82) is 0 Å². The van der Waals surface area contributed by atoms with Crippen LogP contribution in [0.15, 0.2) is 24.5 Å². The summed E-state index contributed by atoms with van der Waals surface area (Å²) in [5, 5.41) is 0. The number of nitrogens with zero attached hydrogens (tertiary/aromatic N) is 2. The van der Waals surface area contributed by atoms with Crippen molar-refractivity contribution in [2.24, 2.45) is 0 Å². The van der Waals surface area contributed by atoms with Crippen molar-refractivity contribution in [1.82, 2.24) is 9.55 Å². The van der Waals surface area contributed by atoms with E-state index < -0.39 is 0 Å². The summed E-state index contributed by atoms with van der Waals surface area (Å²) in [5.74, 6) is 0.912. The number of allylic oxidation sites excluding steroid dienone is 2. The Hall–Kier alpha value is -0.960. The van der Waals surface area contributed by atoms with Crippen LogP contribution in [0, 0.1) is 0 Å². The molecule has 1 unspecified atom stereocenters. The topological polar surface area (TPSA) is 17.8 Å². The number of rotatable bonds is 0. The van der Waals surface area contributed by atoms with Gasteiger partial charge in [0.05, 0.1) is 10.9 Å². The third-order valence-electron chi connectivity index (χ3n) is 1.85. The molecule has 0 fully saturated rings. The van der Waals surface area contributed by atoms with Crippen LogP contribution in [0.5, 0.6) is 0 Å². The summed E-state index contributed by atoms with van der Waals surface area (Å²) < 4.78 is 2.07. The Balaban J connectivity index is 2.59. The fraction of sp³-hybridized carbons (Fsp3) is 0.250. The first-order chi connectivity index (χ1) is 5.29. The smallest absolute Gasteiger partial charge is 0.151 e. The third kappa shape index (κ3) is 0.922. The number of imidazole rings is 1. The van der Waals surface area contributed by atoms with Gasteiger partial charge in [-0.1, -0.05) is 18.3 Å². The second-order valence-corrected chi connectivity index (χ2v) is 3.06. The first-order valence-electron chi connectivity index (χ1n) is 3.54. The minimum atomic E-state index is 0.388. The van der Waals surface area contributed by atoms with E-state index in [1.165, 1.54) is 0 Å². The van der Waals surface area contributed by atoms with Crippen LogP contribution in [0.2, 0.25) is 0 Å². The van der Waals surface area contributed by atoms with Crippen LogP contribution in [0.25, 0.3) is 0 Å². The zero-order chi connectivity index (χ0) is 7.84. The van der Waals surface area contributed by atoms with Gasteiger partial charge in [0.1, 0.15) is 0 Å². The predicted octanol–water partition coefficient (Wildman–Crippen LogP) is 1.73. The van der Waals surface area contributed by atoms with E-state index in [4.69, 9.17) is 12.2 Å². The first-order valence-corrected chi connectivity index (χ1v) is 3.95. The SMILES string of the molecule is CC1C=CC(=S)c2nccn21. The fourth-order valence-corrected chi connectivity index (χ4v) is 1.46. The van der Waals surface area contributed by atoms with Gasteiger partial charge in [-0.15, -0.1) is 0 Å². The number of aromatic nitrogens is 2. The molecule has 2 heterocycles. The van der Waals surface area contributed by atoms with Crippen LogP contribution in [-0.4, -0.2) is 14.4 Å². The molecule has 2 rings (SSSR count). The molecule has 1 aliphatic heterocycles. The summed E-state index contributed by atoms with van der Waals surface area (Å²) in [5.41, 5.74) is 0. The summed E-state index contributed by atoms with van der Waals surface area (Å²) in [6, 6.07) is 0.388. The molecule has 1 aromatic heterocycles. The number of thiocarbonyl (C=S) groups is 1. The van der Waals surface area contributed by atoms with Crippen LogP contribution in [0.1, 0.15) is 18.8 Å². The van der Waals surface area contributed by atoms with Crippen LogP contribution in [-0.2, 0) is 0 Å². The Bertz CT molecular complexity index is 325. The van der Waals surface area contributed by atoms with Gasteiger partial charge in [-0.25, -0.2) is 4.98 Å². The largest absolute Gasteiger partial charge is 0.324 e. The standard InChI is InChI=1S/C8H8N2S/c1-6-2-3-7(11)8-9-4-5-10(6)8/h2-6H,1H3. The zero-order valence-electron chi connectivity index (χ0n) is 6.19. The molecule has 1 aromatic rings. The lowest BCUT2D eigenvalue weighted by Gasteiger charge is -2.15. The molecule has 0 radical (unpaired) electrons. The predicted molar refractivity (Wildman–Crippen MR) is 47.8 cm³/mol. The van der Waals surface area contributed by atoms with Crippen molar-refractivity contribution in [3.63, 3.8) is 0 Å². The quantitative estimate of drug-likeness (QED) is 0.543. The van der Waals surface area contributed by atoms with Crippen molar-refractivity contribution in [3.05, 3.63) is 30.4 Å². The van der Waals surface area contributed by atoms with E-state index in [1.807, 2.05) is 12.3 Å². The maximum Gasteiger partial charge on any atom is 0.151 e. The second-order valence-electron chi connectivity index (χ2n) is 2.62. The molecule has 1 atom stereocenters. The minimum Gasteiger partial charge on any atom is -0.324 e. The Kier molecular flexibility index (Phi) is 1.39. The molecule has 0 spiro atoms. The van der Waals surface area contributed by atoms with Crippen molar-refractivity contribution < 1.29 is 0 Å². The summed E-state index contributed by atoms with van der Waals surface area (Å²) in [6.45, 7) is 2.11. The van der Waals surface area contributed by atoms with Gasteiger partial charge in [-0.2, -0.15) is 0 Å². The van der Waals surface area contributed by atoms with E-state index in [-0.39, 0.29) is 0 Å². The zero-order valence-corrected chi connectivity index (χ0v) is 7.01. The highest BCUT2D eigenvalue weighted by Gasteiger charge is 2.13. The number of fused-ring (bicyclic) bond motifs is 1. The summed E-state index contributed by atoms with van der Waals surface area (Å²) in [6.07, 6.45) is 7.76. The average Bonchev–Trinajstić information content (AvgIpc) is 2.45. The lowest BCUT2D eigenvalue weighted by Crippen LogP contribution is -2.14. The molecule has 2 nitrogen and oxygen atoms in total. The van der Waals surface area contributed by atoms with E-state index in [0.717, 1.165) is 10.7 Å². The molecular formula is C8H8N2S. The van der Waals surface area contributed by atoms with Gasteiger partial charge in [0.2, 0.25) is 0 Å². The van der Waals surface area contributed by atoms with Gasteiger partial charge >= 0.3 is 0 Å². The van der Waals surface area contributed by atoms with Gasteiger partial charge in [0.15, 0.2) is 5.82 Å². The molecule has 0 bridgehead atoms. The molecule has 0 aromatic carbocycles. The van der Waals surface area contributed by atoms with Gasteiger partial charge in [-0.05, 0) is 13.0 Å². The lowest BCUT2D eigenvalue weighted by molar-refractivity contribution is 0.649. The van der Waals surface area contributed by atoms with Crippen molar-refractivity contribution in [2.45, 2.75) is 13.0 Å². The van der Waals surface area contributed by atoms with E-state index in [1.54, 1.807) is 6.20 Å². The maximum atomic E-state index is 5.10. The van der Waals surface area contributed by atoms with Crippen molar-refractivity contribution in [3.8, 4) is 0 Å². The van der Waals surface area contributed by atoms with E-state index in [2.05, 4.69) is 22.6 Å². The highest BCUT2D eigenvalue weighted by Crippen LogP contribution is 2.16. The highest BCUT2D eigenvalue weighted by molar-refractivity contribution is 7.81. The molecule has 0 aliphatic carbocycles. The fourth-order valence-electron chi connectivity index (χ4n) is 1.23. The van der Waals surface area contributed by atoms with Crippen LogP contribution in [0.4, 0.5) is 0 Å². The molecule has 0 saturated carbocycles. The molecule has 1 aliphatic rings. The lowest BCUT2D eigenvalue weighted by atomic mass is 10.2. The molecule has 0 saturated heterocycles. The van der Waals surface area contributed by atoms with Crippen molar-refractivity contribution in [2.75, 3.05) is 0 Å². The minimum absolute atomic E-state index is 0.388. The Labute approximate surface area is 70.6 Å².